The molecular formula is C14H22O3. The Bertz CT molecular complexity index is 370. The minimum atomic E-state index is -0.972. The zero-order chi connectivity index (χ0) is 12.8. The van der Waals surface area contributed by atoms with Gasteiger partial charge in [0.25, 0.3) is 0 Å². The third-order valence-electron chi connectivity index (χ3n) is 4.83. The van der Waals surface area contributed by atoms with Gasteiger partial charge in [-0.2, -0.15) is 0 Å². The molecule has 17 heavy (non-hydrogen) atoms. The number of hydrogen-bond donors (Lipinski definition) is 2. The summed E-state index contributed by atoms with van der Waals surface area (Å²) in [7, 11) is 0. The topological polar surface area (TPSA) is 57.5 Å². The van der Waals surface area contributed by atoms with E-state index in [0.29, 0.717) is 12.3 Å². The summed E-state index contributed by atoms with van der Waals surface area (Å²) in [5.74, 6) is -0.595. The van der Waals surface area contributed by atoms with Gasteiger partial charge in [0.2, 0.25) is 0 Å². The van der Waals surface area contributed by atoms with E-state index >= 15 is 0 Å². The molecule has 0 aromatic carbocycles. The van der Waals surface area contributed by atoms with E-state index in [0.717, 1.165) is 19.3 Å². The van der Waals surface area contributed by atoms with Gasteiger partial charge in [-0.1, -0.05) is 33.3 Å². The number of hydrogen-bond acceptors (Lipinski definition) is 2. The van der Waals surface area contributed by atoms with E-state index in [1.54, 1.807) is 0 Å². The smallest absolute Gasteiger partial charge is 0.333 e. The first-order valence-electron chi connectivity index (χ1n) is 6.40. The van der Waals surface area contributed by atoms with Gasteiger partial charge >= 0.3 is 5.97 Å². The number of carboxylic acid groups (broad SMARTS) is 1. The number of fused-ring (bicyclic) bond motifs is 1. The standard InChI is InChI=1S/C14H22O3/c1-13(2)5-4-6-14(3)8-9(12(16)17)10(15)7-11(13)14/h8,10-11,15H,4-7H2,1-3H3,(H,16,17)/t10-,11+,14-/m1/s1. The Morgan fingerprint density at radius 2 is 2.00 bits per heavy atom. The zero-order valence-corrected chi connectivity index (χ0v) is 10.9. The van der Waals surface area contributed by atoms with Crippen LogP contribution in [0.25, 0.3) is 0 Å². The second kappa shape index (κ2) is 3.84. The second-order valence-corrected chi connectivity index (χ2v) is 6.56. The number of allylic oxidation sites excluding steroid dienone is 1. The van der Waals surface area contributed by atoms with Crippen molar-refractivity contribution in [1.82, 2.24) is 0 Å². The summed E-state index contributed by atoms with van der Waals surface area (Å²) in [6.45, 7) is 6.62. The van der Waals surface area contributed by atoms with Crippen molar-refractivity contribution in [2.45, 2.75) is 52.6 Å². The highest BCUT2D eigenvalue weighted by Gasteiger charge is 2.49. The van der Waals surface area contributed by atoms with Crippen LogP contribution in [-0.2, 0) is 4.79 Å². The van der Waals surface area contributed by atoms with Crippen LogP contribution in [0.5, 0.6) is 0 Å². The summed E-state index contributed by atoms with van der Waals surface area (Å²) in [6, 6.07) is 0. The molecule has 0 aromatic rings. The van der Waals surface area contributed by atoms with Crippen LogP contribution < -0.4 is 0 Å². The predicted molar refractivity (Wildman–Crippen MR) is 65.6 cm³/mol. The van der Waals surface area contributed by atoms with Crippen molar-refractivity contribution >= 4 is 5.97 Å². The quantitative estimate of drug-likeness (QED) is 0.738. The van der Waals surface area contributed by atoms with Crippen LogP contribution in [0.2, 0.25) is 0 Å². The van der Waals surface area contributed by atoms with Crippen LogP contribution in [0.1, 0.15) is 46.5 Å². The number of aliphatic hydroxyl groups excluding tert-OH is 1. The maximum absolute atomic E-state index is 11.1. The third-order valence-corrected chi connectivity index (χ3v) is 4.83. The molecule has 3 atom stereocenters. The molecule has 0 spiro atoms. The van der Waals surface area contributed by atoms with Crippen LogP contribution >= 0.6 is 0 Å². The summed E-state index contributed by atoms with van der Waals surface area (Å²) >= 11 is 0. The number of aliphatic carboxylic acids is 1. The van der Waals surface area contributed by atoms with Crippen molar-refractivity contribution < 1.29 is 15.0 Å². The van der Waals surface area contributed by atoms with Crippen molar-refractivity contribution in [3.63, 3.8) is 0 Å². The van der Waals surface area contributed by atoms with Gasteiger partial charge in [0.05, 0.1) is 11.7 Å². The van der Waals surface area contributed by atoms with Gasteiger partial charge in [0, 0.05) is 0 Å². The van der Waals surface area contributed by atoms with Crippen molar-refractivity contribution in [3.05, 3.63) is 11.6 Å². The minimum absolute atomic E-state index is 0.0608. The van der Waals surface area contributed by atoms with Crippen LogP contribution in [0, 0.1) is 16.7 Å². The molecule has 2 aliphatic rings. The van der Waals surface area contributed by atoms with Crippen LogP contribution in [0.15, 0.2) is 11.6 Å². The Morgan fingerprint density at radius 3 is 2.59 bits per heavy atom. The molecule has 0 saturated heterocycles. The van der Waals surface area contributed by atoms with Crippen molar-refractivity contribution in [2.75, 3.05) is 0 Å². The maximum atomic E-state index is 11.1. The molecule has 1 saturated carbocycles. The van der Waals surface area contributed by atoms with Gasteiger partial charge in [0.1, 0.15) is 0 Å². The van der Waals surface area contributed by atoms with Gasteiger partial charge in [-0.05, 0) is 36.0 Å². The molecule has 0 bridgehead atoms. The first kappa shape index (κ1) is 12.6. The first-order valence-corrected chi connectivity index (χ1v) is 6.40. The molecule has 0 heterocycles. The molecule has 2 aliphatic carbocycles. The number of aliphatic hydroxyl groups is 1. The Hall–Kier alpha value is -0.830. The Labute approximate surface area is 103 Å². The lowest BCUT2D eigenvalue weighted by atomic mass is 9.52. The van der Waals surface area contributed by atoms with Crippen LogP contribution in [0.3, 0.4) is 0 Å². The molecule has 3 nitrogen and oxygen atoms in total. The predicted octanol–water partition coefficient (Wildman–Crippen LogP) is 2.59. The molecule has 2 rings (SSSR count). The summed E-state index contributed by atoms with van der Waals surface area (Å²) in [5.41, 5.74) is 0.324. The minimum Gasteiger partial charge on any atom is -0.478 e. The van der Waals surface area contributed by atoms with E-state index in [9.17, 15) is 9.90 Å². The Balaban J connectivity index is 2.41. The van der Waals surface area contributed by atoms with E-state index in [1.807, 2.05) is 6.08 Å². The van der Waals surface area contributed by atoms with E-state index in [-0.39, 0.29) is 16.4 Å². The highest BCUT2D eigenvalue weighted by molar-refractivity contribution is 5.88. The SMILES string of the molecule is CC1(C)CCC[C@]2(C)C=C(C(=O)O)[C@H](O)C[C@@H]12. The third kappa shape index (κ3) is 2.01. The van der Waals surface area contributed by atoms with Crippen molar-refractivity contribution in [3.8, 4) is 0 Å². The lowest BCUT2D eigenvalue weighted by Crippen LogP contribution is -2.46. The average Bonchev–Trinajstić information content (AvgIpc) is 2.19. The molecule has 0 aromatic heterocycles. The number of carbonyl (C=O) groups is 1. The van der Waals surface area contributed by atoms with Gasteiger partial charge in [-0.3, -0.25) is 0 Å². The monoisotopic (exact) mass is 238 g/mol. The van der Waals surface area contributed by atoms with Gasteiger partial charge in [0.15, 0.2) is 0 Å². The fourth-order valence-corrected chi connectivity index (χ4v) is 3.93. The molecule has 2 N–H and O–H groups in total. The molecule has 0 unspecified atom stereocenters. The summed E-state index contributed by atoms with van der Waals surface area (Å²) < 4.78 is 0. The lowest BCUT2D eigenvalue weighted by molar-refractivity contribution is -0.135. The Kier molecular flexibility index (Phi) is 2.85. The zero-order valence-electron chi connectivity index (χ0n) is 10.9. The summed E-state index contributed by atoms with van der Waals surface area (Å²) in [5, 5.41) is 19.1. The van der Waals surface area contributed by atoms with E-state index in [4.69, 9.17) is 5.11 Å². The average molecular weight is 238 g/mol. The summed E-state index contributed by atoms with van der Waals surface area (Å²) in [4.78, 5) is 11.1. The van der Waals surface area contributed by atoms with Crippen LogP contribution in [-0.4, -0.2) is 22.3 Å². The van der Waals surface area contributed by atoms with Gasteiger partial charge in [-0.15, -0.1) is 0 Å². The van der Waals surface area contributed by atoms with Crippen LogP contribution in [0.4, 0.5) is 0 Å². The van der Waals surface area contributed by atoms with Gasteiger partial charge in [-0.25, -0.2) is 4.79 Å². The fraction of sp³-hybridized carbons (Fsp3) is 0.786. The van der Waals surface area contributed by atoms with E-state index in [2.05, 4.69) is 20.8 Å². The molecule has 96 valence electrons. The number of carboxylic acids is 1. The fourth-order valence-electron chi connectivity index (χ4n) is 3.93. The Morgan fingerprint density at radius 1 is 1.35 bits per heavy atom. The second-order valence-electron chi connectivity index (χ2n) is 6.56. The maximum Gasteiger partial charge on any atom is 0.333 e. The van der Waals surface area contributed by atoms with Gasteiger partial charge < -0.3 is 10.2 Å². The normalized spacial score (nSPS) is 40.4. The first-order chi connectivity index (χ1) is 7.76. The molecule has 0 aliphatic heterocycles. The van der Waals surface area contributed by atoms with E-state index < -0.39 is 12.1 Å². The van der Waals surface area contributed by atoms with Crippen molar-refractivity contribution in [2.24, 2.45) is 16.7 Å². The summed E-state index contributed by atoms with van der Waals surface area (Å²) in [6.07, 6.45) is 4.94. The molecule has 0 radical (unpaired) electrons. The largest absolute Gasteiger partial charge is 0.478 e. The lowest BCUT2D eigenvalue weighted by Gasteiger charge is -2.52. The highest BCUT2D eigenvalue weighted by Crippen LogP contribution is 2.56. The number of rotatable bonds is 1. The molecule has 1 fully saturated rings. The molecule has 3 heteroatoms. The van der Waals surface area contributed by atoms with E-state index in [1.165, 1.54) is 0 Å². The highest BCUT2D eigenvalue weighted by atomic mass is 16.4. The molecular weight excluding hydrogens is 216 g/mol. The molecule has 0 amide bonds. The van der Waals surface area contributed by atoms with Crippen molar-refractivity contribution in [1.29, 1.82) is 0 Å².